The van der Waals surface area contributed by atoms with Crippen LogP contribution in [-0.2, 0) is 25.7 Å². The Morgan fingerprint density at radius 1 is 1.12 bits per heavy atom. The molecule has 1 fully saturated rings. The number of carbonyl (C=O) groups excluding carboxylic acids is 1. The summed E-state index contributed by atoms with van der Waals surface area (Å²) in [7, 11) is -4.39. The number of anilines is 1. The highest BCUT2D eigenvalue weighted by Crippen LogP contribution is 2.37. The second-order valence-corrected chi connectivity index (χ2v) is 9.56. The molecule has 12 heteroatoms. The summed E-state index contributed by atoms with van der Waals surface area (Å²) in [4.78, 5) is 14.5. The fourth-order valence-electron chi connectivity index (χ4n) is 3.26. The number of alkyl halides is 3. The third kappa shape index (κ3) is 6.59. The van der Waals surface area contributed by atoms with Gasteiger partial charge in [-0.05, 0) is 30.3 Å². The van der Waals surface area contributed by atoms with Crippen LogP contribution in [0.15, 0.2) is 53.4 Å². The zero-order chi connectivity index (χ0) is 24.1. The van der Waals surface area contributed by atoms with Crippen LogP contribution in [0.3, 0.4) is 0 Å². The van der Waals surface area contributed by atoms with E-state index in [2.05, 4.69) is 10.2 Å². The number of rotatable bonds is 8. The smallest absolute Gasteiger partial charge is 0.379 e. The zero-order valence-electron chi connectivity index (χ0n) is 17.5. The van der Waals surface area contributed by atoms with Gasteiger partial charge in [-0.15, -0.1) is 0 Å². The molecule has 1 heterocycles. The number of nitrogens with zero attached hydrogens (tertiary/aromatic N) is 2. The molecule has 2 aromatic carbocycles. The van der Waals surface area contributed by atoms with Crippen molar-refractivity contribution in [2.45, 2.75) is 11.1 Å². The fourth-order valence-corrected chi connectivity index (χ4v) is 4.99. The van der Waals surface area contributed by atoms with Gasteiger partial charge in [0.2, 0.25) is 5.91 Å². The summed E-state index contributed by atoms with van der Waals surface area (Å²) in [5, 5.41) is 2.39. The quantitative estimate of drug-likeness (QED) is 0.597. The maximum atomic E-state index is 13.3. The Labute approximate surface area is 195 Å². The van der Waals surface area contributed by atoms with Crippen molar-refractivity contribution in [3.63, 3.8) is 0 Å². The van der Waals surface area contributed by atoms with E-state index in [1.54, 1.807) is 6.07 Å². The molecule has 0 aliphatic carbocycles. The lowest BCUT2D eigenvalue weighted by Crippen LogP contribution is -2.45. The summed E-state index contributed by atoms with van der Waals surface area (Å²) in [6, 6.07) is 9.47. The molecule has 33 heavy (non-hydrogen) atoms. The van der Waals surface area contributed by atoms with E-state index in [1.165, 1.54) is 24.3 Å². The van der Waals surface area contributed by atoms with Crippen LogP contribution >= 0.6 is 11.6 Å². The van der Waals surface area contributed by atoms with E-state index in [4.69, 9.17) is 16.3 Å². The van der Waals surface area contributed by atoms with E-state index in [0.717, 1.165) is 12.1 Å². The Hall–Kier alpha value is -2.34. The first-order valence-electron chi connectivity index (χ1n) is 10.1. The van der Waals surface area contributed by atoms with E-state index in [9.17, 15) is 26.4 Å². The Bertz CT molecular complexity index is 1060. The van der Waals surface area contributed by atoms with Gasteiger partial charge in [0.05, 0.1) is 34.4 Å². The molecule has 0 atom stereocenters. The molecule has 0 radical (unpaired) electrons. The number of ether oxygens (including phenoxy) is 1. The van der Waals surface area contributed by atoms with Crippen molar-refractivity contribution in [1.82, 2.24) is 10.2 Å². The lowest BCUT2D eigenvalue weighted by molar-refractivity contribution is -0.137. The van der Waals surface area contributed by atoms with Gasteiger partial charge in [0.15, 0.2) is 0 Å². The second-order valence-electron chi connectivity index (χ2n) is 7.29. The van der Waals surface area contributed by atoms with Gasteiger partial charge >= 0.3 is 6.18 Å². The minimum absolute atomic E-state index is 0.181. The molecule has 1 saturated heterocycles. The van der Waals surface area contributed by atoms with Crippen molar-refractivity contribution < 1.29 is 31.1 Å². The van der Waals surface area contributed by atoms with Gasteiger partial charge in [-0.25, -0.2) is 8.42 Å². The third-order valence-electron chi connectivity index (χ3n) is 5.01. The molecule has 0 bridgehead atoms. The highest BCUT2D eigenvalue weighted by molar-refractivity contribution is 7.92. The monoisotopic (exact) mass is 505 g/mol. The topological polar surface area (TPSA) is 79.0 Å². The van der Waals surface area contributed by atoms with Crippen molar-refractivity contribution in [2.24, 2.45) is 0 Å². The number of hydrogen-bond donors (Lipinski definition) is 1. The van der Waals surface area contributed by atoms with Crippen LogP contribution in [0, 0.1) is 0 Å². The summed E-state index contributed by atoms with van der Waals surface area (Å²) in [6.45, 7) is 2.64. The van der Waals surface area contributed by atoms with Gasteiger partial charge in [0.1, 0.15) is 6.54 Å². The molecule has 2 aromatic rings. The minimum Gasteiger partial charge on any atom is -0.379 e. The van der Waals surface area contributed by atoms with Crippen LogP contribution in [0.1, 0.15) is 5.56 Å². The number of benzene rings is 2. The van der Waals surface area contributed by atoms with Crippen LogP contribution in [0.4, 0.5) is 18.9 Å². The maximum Gasteiger partial charge on any atom is 0.416 e. The van der Waals surface area contributed by atoms with Gasteiger partial charge in [0.25, 0.3) is 10.0 Å². The molecular weight excluding hydrogens is 483 g/mol. The zero-order valence-corrected chi connectivity index (χ0v) is 19.1. The number of nitrogens with one attached hydrogen (secondary N) is 1. The SMILES string of the molecule is O=C(CN(c1cc(C(F)(F)F)ccc1Cl)S(=O)(=O)c1ccccc1)NCCN1CCOCC1. The van der Waals surface area contributed by atoms with Crippen LogP contribution in [0.5, 0.6) is 0 Å². The Balaban J connectivity index is 1.86. The molecule has 0 spiro atoms. The Morgan fingerprint density at radius 2 is 1.79 bits per heavy atom. The molecule has 180 valence electrons. The molecule has 1 N–H and O–H groups in total. The van der Waals surface area contributed by atoms with E-state index in [0.29, 0.717) is 43.2 Å². The first kappa shape index (κ1) is 25.3. The van der Waals surface area contributed by atoms with Crippen LogP contribution in [0.2, 0.25) is 5.02 Å². The fraction of sp³-hybridized carbons (Fsp3) is 0.381. The van der Waals surface area contributed by atoms with Gasteiger partial charge in [-0.2, -0.15) is 13.2 Å². The van der Waals surface area contributed by atoms with Gasteiger partial charge in [0, 0.05) is 26.2 Å². The van der Waals surface area contributed by atoms with Crippen molar-refractivity contribution in [3.05, 3.63) is 59.1 Å². The molecule has 1 aliphatic heterocycles. The van der Waals surface area contributed by atoms with Crippen LogP contribution < -0.4 is 9.62 Å². The predicted octanol–water partition coefficient (Wildman–Crippen LogP) is 3.00. The largest absolute Gasteiger partial charge is 0.416 e. The highest BCUT2D eigenvalue weighted by Gasteiger charge is 2.34. The van der Waals surface area contributed by atoms with Crippen molar-refractivity contribution in [1.29, 1.82) is 0 Å². The average Bonchev–Trinajstić information content (AvgIpc) is 2.78. The van der Waals surface area contributed by atoms with Gasteiger partial charge in [-0.1, -0.05) is 29.8 Å². The highest BCUT2D eigenvalue weighted by atomic mass is 35.5. The summed E-state index contributed by atoms with van der Waals surface area (Å²) in [5.41, 5.74) is -1.51. The third-order valence-corrected chi connectivity index (χ3v) is 7.11. The lowest BCUT2D eigenvalue weighted by Gasteiger charge is -2.27. The minimum atomic E-state index is -4.72. The molecule has 0 saturated carbocycles. The van der Waals surface area contributed by atoms with Crippen LogP contribution in [-0.4, -0.2) is 65.2 Å². The Kier molecular flexibility index (Phi) is 8.22. The maximum absolute atomic E-state index is 13.3. The van der Waals surface area contributed by atoms with Crippen molar-refractivity contribution >= 4 is 33.2 Å². The molecule has 3 rings (SSSR count). The van der Waals surface area contributed by atoms with Crippen LogP contribution in [0.25, 0.3) is 0 Å². The number of sulfonamides is 1. The summed E-state index contributed by atoms with van der Waals surface area (Å²) in [6.07, 6.45) is -4.72. The number of carbonyl (C=O) groups is 1. The normalized spacial score (nSPS) is 15.3. The lowest BCUT2D eigenvalue weighted by atomic mass is 10.2. The predicted molar refractivity (Wildman–Crippen MR) is 118 cm³/mol. The Morgan fingerprint density at radius 3 is 2.42 bits per heavy atom. The molecular formula is C21H23ClF3N3O4S. The molecule has 1 amide bonds. The first-order chi connectivity index (χ1) is 15.6. The molecule has 1 aliphatic rings. The average molecular weight is 506 g/mol. The number of halogens is 4. The second kappa shape index (κ2) is 10.7. The summed E-state index contributed by atoms with van der Waals surface area (Å²) >= 11 is 6.10. The number of amides is 1. The molecule has 7 nitrogen and oxygen atoms in total. The van der Waals surface area contributed by atoms with E-state index in [-0.39, 0.29) is 16.5 Å². The van der Waals surface area contributed by atoms with E-state index < -0.39 is 39.9 Å². The standard InChI is InChI=1S/C21H23ClF3N3O4S/c22-18-7-6-16(21(23,24)25)14-19(18)28(33(30,31)17-4-2-1-3-5-17)15-20(29)26-8-9-27-10-12-32-13-11-27/h1-7,14H,8-13,15H2,(H,26,29). The first-order valence-corrected chi connectivity index (χ1v) is 11.9. The summed E-state index contributed by atoms with van der Waals surface area (Å²) < 4.78 is 72.3. The van der Waals surface area contributed by atoms with E-state index >= 15 is 0 Å². The number of hydrogen-bond acceptors (Lipinski definition) is 5. The van der Waals surface area contributed by atoms with Gasteiger partial charge < -0.3 is 10.1 Å². The van der Waals surface area contributed by atoms with Crippen molar-refractivity contribution in [3.8, 4) is 0 Å². The van der Waals surface area contributed by atoms with Gasteiger partial charge in [-0.3, -0.25) is 14.0 Å². The molecule has 0 unspecified atom stereocenters. The number of morpholine rings is 1. The van der Waals surface area contributed by atoms with Crippen molar-refractivity contribution in [2.75, 3.05) is 50.2 Å². The van der Waals surface area contributed by atoms with E-state index in [1.807, 2.05) is 0 Å². The summed E-state index contributed by atoms with van der Waals surface area (Å²) in [5.74, 6) is -0.670. The molecule has 0 aromatic heterocycles.